The monoisotopic (exact) mass is 187 g/mol. The Morgan fingerprint density at radius 3 is 2.54 bits per heavy atom. The number of hydrogen-bond acceptors (Lipinski definition) is 4. The highest BCUT2D eigenvalue weighted by atomic mass is 16.3. The van der Waals surface area contributed by atoms with E-state index in [2.05, 4.69) is 4.90 Å². The zero-order valence-corrected chi connectivity index (χ0v) is 7.80. The Hall–Kier alpha value is -0.160. The van der Waals surface area contributed by atoms with E-state index >= 15 is 0 Å². The van der Waals surface area contributed by atoms with Gasteiger partial charge >= 0.3 is 0 Å². The number of aliphatic hydroxyl groups is 3. The average Bonchev–Trinajstić information content (AvgIpc) is 2.43. The van der Waals surface area contributed by atoms with Crippen LogP contribution in [0.2, 0.25) is 0 Å². The largest absolute Gasteiger partial charge is 0.391 e. The van der Waals surface area contributed by atoms with E-state index in [1.807, 2.05) is 6.92 Å². The fraction of sp³-hybridized carbons (Fsp3) is 1.00. The molecular weight excluding hydrogens is 170 g/mol. The molecule has 0 aromatic carbocycles. The summed E-state index contributed by atoms with van der Waals surface area (Å²) in [6.07, 6.45) is -1.24. The van der Waals surface area contributed by atoms with Crippen LogP contribution >= 0.6 is 0 Å². The zero-order valence-electron chi connectivity index (χ0n) is 7.80. The molecule has 0 spiro atoms. The van der Waals surface area contributed by atoms with Gasteiger partial charge in [-0.25, -0.2) is 0 Å². The Bertz CT molecular complexity index is 199. The lowest BCUT2D eigenvalue weighted by Gasteiger charge is -2.41. The Balaban J connectivity index is 2.15. The van der Waals surface area contributed by atoms with Gasteiger partial charge in [-0.3, -0.25) is 4.90 Å². The molecule has 2 fully saturated rings. The van der Waals surface area contributed by atoms with Gasteiger partial charge in [0.25, 0.3) is 0 Å². The van der Waals surface area contributed by atoms with E-state index in [0.717, 1.165) is 13.1 Å². The molecule has 0 bridgehead atoms. The molecule has 2 heterocycles. The first-order valence-corrected chi connectivity index (χ1v) is 4.89. The molecule has 5 atom stereocenters. The molecular formula is C9H17NO3. The molecule has 0 aliphatic carbocycles. The van der Waals surface area contributed by atoms with Crippen LogP contribution in [0.1, 0.15) is 13.3 Å². The van der Waals surface area contributed by atoms with Crippen molar-refractivity contribution in [2.45, 2.75) is 37.7 Å². The molecule has 4 nitrogen and oxygen atoms in total. The summed E-state index contributed by atoms with van der Waals surface area (Å²) in [5, 5.41) is 28.9. The summed E-state index contributed by atoms with van der Waals surface area (Å²) >= 11 is 0. The number of rotatable bonds is 0. The SMILES string of the molecule is CC1CN2CCC(O)C2C(O)C1O. The number of nitrogens with zero attached hydrogens (tertiary/aromatic N) is 1. The Labute approximate surface area is 77.8 Å². The molecule has 0 amide bonds. The van der Waals surface area contributed by atoms with Crippen molar-refractivity contribution in [2.75, 3.05) is 13.1 Å². The van der Waals surface area contributed by atoms with Crippen molar-refractivity contribution in [1.82, 2.24) is 4.90 Å². The van der Waals surface area contributed by atoms with E-state index in [9.17, 15) is 15.3 Å². The molecule has 13 heavy (non-hydrogen) atoms. The molecule has 2 aliphatic rings. The van der Waals surface area contributed by atoms with Gasteiger partial charge in [-0.1, -0.05) is 6.92 Å². The molecule has 5 unspecified atom stereocenters. The normalized spacial score (nSPS) is 52.2. The van der Waals surface area contributed by atoms with E-state index in [0.29, 0.717) is 6.42 Å². The van der Waals surface area contributed by atoms with E-state index in [4.69, 9.17) is 0 Å². The molecule has 0 radical (unpaired) electrons. The maximum absolute atomic E-state index is 9.74. The van der Waals surface area contributed by atoms with Crippen molar-refractivity contribution in [3.05, 3.63) is 0 Å². The van der Waals surface area contributed by atoms with Crippen LogP contribution in [0.4, 0.5) is 0 Å². The minimum atomic E-state index is -0.791. The van der Waals surface area contributed by atoms with Crippen LogP contribution in [0.3, 0.4) is 0 Å². The van der Waals surface area contributed by atoms with E-state index < -0.39 is 18.3 Å². The van der Waals surface area contributed by atoms with Crippen LogP contribution in [0, 0.1) is 5.92 Å². The van der Waals surface area contributed by atoms with Crippen molar-refractivity contribution < 1.29 is 15.3 Å². The fourth-order valence-corrected chi connectivity index (χ4v) is 2.53. The average molecular weight is 187 g/mol. The second-order valence-corrected chi connectivity index (χ2v) is 4.30. The summed E-state index contributed by atoms with van der Waals surface area (Å²) in [5.74, 6) is 0.0940. The lowest BCUT2D eigenvalue weighted by atomic mass is 9.88. The summed E-state index contributed by atoms with van der Waals surface area (Å²) in [7, 11) is 0. The van der Waals surface area contributed by atoms with Crippen LogP contribution < -0.4 is 0 Å². The molecule has 3 N–H and O–H groups in total. The van der Waals surface area contributed by atoms with Gasteiger partial charge in [0.2, 0.25) is 0 Å². The van der Waals surface area contributed by atoms with Crippen molar-refractivity contribution in [1.29, 1.82) is 0 Å². The predicted molar refractivity (Wildman–Crippen MR) is 47.2 cm³/mol. The van der Waals surface area contributed by atoms with Crippen LogP contribution in [-0.2, 0) is 0 Å². The van der Waals surface area contributed by atoms with Gasteiger partial charge in [-0.05, 0) is 12.3 Å². The minimum Gasteiger partial charge on any atom is -0.391 e. The quantitative estimate of drug-likeness (QED) is 0.445. The highest BCUT2D eigenvalue weighted by Gasteiger charge is 2.46. The Morgan fingerprint density at radius 1 is 1.15 bits per heavy atom. The van der Waals surface area contributed by atoms with E-state index in [1.165, 1.54) is 0 Å². The van der Waals surface area contributed by atoms with Crippen molar-refractivity contribution in [3.63, 3.8) is 0 Å². The zero-order chi connectivity index (χ0) is 9.59. The van der Waals surface area contributed by atoms with E-state index in [-0.39, 0.29) is 12.0 Å². The molecule has 76 valence electrons. The third-order valence-corrected chi connectivity index (χ3v) is 3.33. The first-order valence-electron chi connectivity index (χ1n) is 4.89. The molecule has 0 saturated carbocycles. The highest BCUT2D eigenvalue weighted by molar-refractivity contribution is 5.00. The van der Waals surface area contributed by atoms with Crippen LogP contribution in [0.25, 0.3) is 0 Å². The highest BCUT2D eigenvalue weighted by Crippen LogP contribution is 2.30. The maximum atomic E-state index is 9.74. The molecule has 2 rings (SSSR count). The summed E-state index contributed by atoms with van der Waals surface area (Å²) in [6, 6.07) is -0.244. The van der Waals surface area contributed by atoms with Gasteiger partial charge in [-0.15, -0.1) is 0 Å². The molecule has 0 aromatic heterocycles. The van der Waals surface area contributed by atoms with Crippen molar-refractivity contribution in [3.8, 4) is 0 Å². The lowest BCUT2D eigenvalue weighted by molar-refractivity contribution is -0.110. The second kappa shape index (κ2) is 3.20. The standard InChI is InChI=1S/C9H17NO3/c1-5-4-10-3-2-6(11)7(10)9(13)8(5)12/h5-9,11-13H,2-4H2,1H3. The topological polar surface area (TPSA) is 63.9 Å². The number of aliphatic hydroxyl groups excluding tert-OH is 3. The minimum absolute atomic E-state index is 0.0940. The molecule has 2 aliphatic heterocycles. The van der Waals surface area contributed by atoms with Gasteiger partial charge in [0.15, 0.2) is 0 Å². The third kappa shape index (κ3) is 1.38. The summed E-state index contributed by atoms with van der Waals surface area (Å²) in [5.41, 5.74) is 0. The Kier molecular flexibility index (Phi) is 2.32. The third-order valence-electron chi connectivity index (χ3n) is 3.33. The van der Waals surface area contributed by atoms with Gasteiger partial charge in [0, 0.05) is 13.1 Å². The number of piperidine rings is 1. The molecule has 2 saturated heterocycles. The summed E-state index contributed by atoms with van der Waals surface area (Å²) in [6.45, 7) is 3.54. The second-order valence-electron chi connectivity index (χ2n) is 4.30. The van der Waals surface area contributed by atoms with Gasteiger partial charge in [0.05, 0.1) is 24.4 Å². The summed E-state index contributed by atoms with van der Waals surface area (Å²) < 4.78 is 0. The lowest BCUT2D eigenvalue weighted by Crippen LogP contribution is -2.58. The number of hydrogen-bond donors (Lipinski definition) is 3. The fourth-order valence-electron chi connectivity index (χ4n) is 2.53. The first kappa shape index (κ1) is 9.40. The van der Waals surface area contributed by atoms with Crippen LogP contribution in [0.15, 0.2) is 0 Å². The smallest absolute Gasteiger partial charge is 0.0982 e. The molecule has 0 aromatic rings. The van der Waals surface area contributed by atoms with Crippen LogP contribution in [-0.4, -0.2) is 57.7 Å². The van der Waals surface area contributed by atoms with Gasteiger partial charge in [0.1, 0.15) is 0 Å². The van der Waals surface area contributed by atoms with E-state index in [1.54, 1.807) is 0 Å². The predicted octanol–water partition coefficient (Wildman–Crippen LogP) is -1.21. The van der Waals surface area contributed by atoms with Crippen molar-refractivity contribution >= 4 is 0 Å². The van der Waals surface area contributed by atoms with Crippen LogP contribution in [0.5, 0.6) is 0 Å². The van der Waals surface area contributed by atoms with Gasteiger partial charge in [-0.2, -0.15) is 0 Å². The Morgan fingerprint density at radius 2 is 1.85 bits per heavy atom. The first-order chi connectivity index (χ1) is 6.11. The number of fused-ring (bicyclic) bond motifs is 1. The maximum Gasteiger partial charge on any atom is 0.0982 e. The molecule has 4 heteroatoms. The van der Waals surface area contributed by atoms with Gasteiger partial charge < -0.3 is 15.3 Å². The van der Waals surface area contributed by atoms with Crippen molar-refractivity contribution in [2.24, 2.45) is 5.92 Å². The summed E-state index contributed by atoms with van der Waals surface area (Å²) in [4.78, 5) is 2.08.